The number of carbonyl (C=O) groups is 1. The minimum absolute atomic E-state index is 0.0734. The molecule has 1 aromatic carbocycles. The summed E-state index contributed by atoms with van der Waals surface area (Å²) in [4.78, 5) is 11.1. The average molecular weight is 232 g/mol. The Bertz CT molecular complexity index is 436. The third-order valence-corrected chi connectivity index (χ3v) is 2.77. The SMILES string of the molecule is O=C1CCC1c1ccc(C(F)(F)F)cc1F. The molecule has 0 radical (unpaired) electrons. The van der Waals surface area contributed by atoms with Crippen LogP contribution in [0.5, 0.6) is 0 Å². The van der Waals surface area contributed by atoms with Crippen molar-refractivity contribution >= 4 is 5.78 Å². The van der Waals surface area contributed by atoms with Crippen molar-refractivity contribution in [1.82, 2.24) is 0 Å². The normalized spacial score (nSPS) is 20.8. The summed E-state index contributed by atoms with van der Waals surface area (Å²) in [7, 11) is 0. The molecule has 1 unspecified atom stereocenters. The van der Waals surface area contributed by atoms with Crippen LogP contribution < -0.4 is 0 Å². The number of halogens is 4. The molecule has 1 saturated carbocycles. The molecule has 1 fully saturated rings. The first-order chi connectivity index (χ1) is 7.39. The summed E-state index contributed by atoms with van der Waals surface area (Å²) in [5.74, 6) is -1.62. The van der Waals surface area contributed by atoms with E-state index >= 15 is 0 Å². The third kappa shape index (κ3) is 1.81. The molecule has 2 rings (SSSR count). The van der Waals surface area contributed by atoms with E-state index in [0.29, 0.717) is 18.9 Å². The minimum Gasteiger partial charge on any atom is -0.299 e. The van der Waals surface area contributed by atoms with Crippen LogP contribution in [-0.2, 0) is 11.0 Å². The van der Waals surface area contributed by atoms with Gasteiger partial charge in [-0.3, -0.25) is 4.79 Å². The molecule has 0 aromatic heterocycles. The molecule has 1 nitrogen and oxygen atoms in total. The third-order valence-electron chi connectivity index (χ3n) is 2.77. The monoisotopic (exact) mass is 232 g/mol. The van der Waals surface area contributed by atoms with Crippen molar-refractivity contribution in [2.24, 2.45) is 0 Å². The molecule has 0 spiro atoms. The maximum absolute atomic E-state index is 13.4. The standard InChI is InChI=1S/C11H8F4O/c12-9-5-6(11(13,14)15)1-2-7(9)8-3-4-10(8)16/h1-2,5,8H,3-4H2. The molecule has 0 amide bonds. The zero-order chi connectivity index (χ0) is 11.9. The Balaban J connectivity index is 2.34. The molecular weight excluding hydrogens is 224 g/mol. The van der Waals surface area contributed by atoms with E-state index in [0.717, 1.165) is 12.1 Å². The number of benzene rings is 1. The highest BCUT2D eigenvalue weighted by Gasteiger charge is 2.35. The van der Waals surface area contributed by atoms with E-state index < -0.39 is 23.5 Å². The van der Waals surface area contributed by atoms with Crippen LogP contribution in [0.3, 0.4) is 0 Å². The summed E-state index contributed by atoms with van der Waals surface area (Å²) in [5, 5.41) is 0. The largest absolute Gasteiger partial charge is 0.416 e. The first kappa shape index (κ1) is 11.1. The highest BCUT2D eigenvalue weighted by molar-refractivity contribution is 5.91. The molecule has 5 heteroatoms. The Labute approximate surface area is 89.1 Å². The summed E-state index contributed by atoms with van der Waals surface area (Å²) in [6.45, 7) is 0. The van der Waals surface area contributed by atoms with Gasteiger partial charge in [0.25, 0.3) is 0 Å². The fourth-order valence-electron chi connectivity index (χ4n) is 1.72. The van der Waals surface area contributed by atoms with Crippen LogP contribution in [-0.4, -0.2) is 5.78 Å². The van der Waals surface area contributed by atoms with E-state index in [2.05, 4.69) is 0 Å². The Morgan fingerprint density at radius 1 is 1.25 bits per heavy atom. The van der Waals surface area contributed by atoms with Crippen LogP contribution in [0.4, 0.5) is 17.6 Å². The van der Waals surface area contributed by atoms with Crippen LogP contribution in [0.15, 0.2) is 18.2 Å². The zero-order valence-corrected chi connectivity index (χ0v) is 8.14. The molecule has 0 saturated heterocycles. The first-order valence-corrected chi connectivity index (χ1v) is 4.79. The van der Waals surface area contributed by atoms with Gasteiger partial charge in [-0.15, -0.1) is 0 Å². The van der Waals surface area contributed by atoms with E-state index in [-0.39, 0.29) is 11.3 Å². The van der Waals surface area contributed by atoms with Crippen molar-refractivity contribution in [3.8, 4) is 0 Å². The second-order valence-corrected chi connectivity index (χ2v) is 3.79. The van der Waals surface area contributed by atoms with Crippen LogP contribution >= 0.6 is 0 Å². The molecule has 0 bridgehead atoms. The van der Waals surface area contributed by atoms with Gasteiger partial charge in [0.15, 0.2) is 0 Å². The van der Waals surface area contributed by atoms with Gasteiger partial charge in [-0.05, 0) is 24.1 Å². The molecule has 1 aromatic rings. The lowest BCUT2D eigenvalue weighted by atomic mass is 9.78. The smallest absolute Gasteiger partial charge is 0.299 e. The summed E-state index contributed by atoms with van der Waals surface area (Å²) in [6.07, 6.45) is -3.66. The second kappa shape index (κ2) is 3.57. The predicted molar refractivity (Wildman–Crippen MR) is 48.4 cm³/mol. The van der Waals surface area contributed by atoms with Crippen molar-refractivity contribution in [3.05, 3.63) is 35.1 Å². The maximum Gasteiger partial charge on any atom is 0.416 e. The summed E-state index contributed by atoms with van der Waals surface area (Å²) < 4.78 is 50.1. The Morgan fingerprint density at radius 3 is 2.31 bits per heavy atom. The van der Waals surface area contributed by atoms with Gasteiger partial charge in [-0.25, -0.2) is 4.39 Å². The maximum atomic E-state index is 13.4. The van der Waals surface area contributed by atoms with Crippen LogP contribution in [0.1, 0.15) is 29.9 Å². The zero-order valence-electron chi connectivity index (χ0n) is 8.14. The highest BCUT2D eigenvalue weighted by Crippen LogP contribution is 2.37. The molecule has 0 N–H and O–H groups in total. The van der Waals surface area contributed by atoms with Crippen molar-refractivity contribution in [1.29, 1.82) is 0 Å². The Morgan fingerprint density at radius 2 is 1.94 bits per heavy atom. The lowest BCUT2D eigenvalue weighted by Crippen LogP contribution is -2.24. The van der Waals surface area contributed by atoms with E-state index in [1.165, 1.54) is 0 Å². The van der Waals surface area contributed by atoms with Gasteiger partial charge in [-0.1, -0.05) is 6.07 Å². The number of carbonyl (C=O) groups excluding carboxylic acids is 1. The Kier molecular flexibility index (Phi) is 2.48. The molecule has 1 atom stereocenters. The van der Waals surface area contributed by atoms with Gasteiger partial charge < -0.3 is 0 Å². The van der Waals surface area contributed by atoms with E-state index in [1.807, 2.05) is 0 Å². The van der Waals surface area contributed by atoms with E-state index in [1.54, 1.807) is 0 Å². The van der Waals surface area contributed by atoms with Gasteiger partial charge >= 0.3 is 6.18 Å². The molecule has 0 heterocycles. The molecule has 86 valence electrons. The van der Waals surface area contributed by atoms with Gasteiger partial charge in [0, 0.05) is 12.3 Å². The fourth-order valence-corrected chi connectivity index (χ4v) is 1.72. The number of rotatable bonds is 1. The van der Waals surface area contributed by atoms with Crippen molar-refractivity contribution in [2.75, 3.05) is 0 Å². The molecule has 0 aliphatic heterocycles. The van der Waals surface area contributed by atoms with Gasteiger partial charge in [0.05, 0.1) is 5.56 Å². The van der Waals surface area contributed by atoms with Crippen molar-refractivity contribution in [3.63, 3.8) is 0 Å². The number of hydrogen-bond acceptors (Lipinski definition) is 1. The fraction of sp³-hybridized carbons (Fsp3) is 0.364. The first-order valence-electron chi connectivity index (χ1n) is 4.79. The van der Waals surface area contributed by atoms with Crippen LogP contribution in [0.2, 0.25) is 0 Å². The quantitative estimate of drug-likeness (QED) is 0.679. The molecule has 1 aliphatic rings. The van der Waals surface area contributed by atoms with Crippen LogP contribution in [0.25, 0.3) is 0 Å². The average Bonchev–Trinajstić information content (AvgIpc) is 2.17. The topological polar surface area (TPSA) is 17.1 Å². The number of ketones is 1. The minimum atomic E-state index is -4.55. The summed E-state index contributed by atoms with van der Waals surface area (Å²) in [6, 6.07) is 2.31. The lowest BCUT2D eigenvalue weighted by molar-refractivity contribution is -0.137. The number of alkyl halides is 3. The summed E-state index contributed by atoms with van der Waals surface area (Å²) in [5.41, 5.74) is -0.954. The van der Waals surface area contributed by atoms with Crippen LogP contribution in [0, 0.1) is 5.82 Å². The number of Topliss-reactive ketones (excluding diaryl/α,β-unsaturated/α-hetero) is 1. The van der Waals surface area contributed by atoms with Gasteiger partial charge in [0.2, 0.25) is 0 Å². The van der Waals surface area contributed by atoms with E-state index in [4.69, 9.17) is 0 Å². The lowest BCUT2D eigenvalue weighted by Gasteiger charge is -2.24. The molecule has 1 aliphatic carbocycles. The summed E-state index contributed by atoms with van der Waals surface area (Å²) >= 11 is 0. The van der Waals surface area contributed by atoms with E-state index in [9.17, 15) is 22.4 Å². The second-order valence-electron chi connectivity index (χ2n) is 3.79. The van der Waals surface area contributed by atoms with Gasteiger partial charge in [0.1, 0.15) is 11.6 Å². The van der Waals surface area contributed by atoms with Crippen molar-refractivity contribution < 1.29 is 22.4 Å². The van der Waals surface area contributed by atoms with Gasteiger partial charge in [-0.2, -0.15) is 13.2 Å². The molecule has 16 heavy (non-hydrogen) atoms. The highest BCUT2D eigenvalue weighted by atomic mass is 19.4. The molecular formula is C11H8F4O. The Hall–Kier alpha value is -1.39. The predicted octanol–water partition coefficient (Wildman–Crippen LogP) is 3.29. The number of hydrogen-bond donors (Lipinski definition) is 0. The van der Waals surface area contributed by atoms with Crippen molar-refractivity contribution in [2.45, 2.75) is 24.9 Å².